The van der Waals surface area contributed by atoms with Gasteiger partial charge in [-0.1, -0.05) is 11.8 Å². The average Bonchev–Trinajstić information content (AvgIpc) is 3.09. The molecule has 0 unspecified atom stereocenters. The van der Waals surface area contributed by atoms with Gasteiger partial charge in [0.15, 0.2) is 12.1 Å². The molecule has 0 aromatic carbocycles. The van der Waals surface area contributed by atoms with Crippen LogP contribution in [0.25, 0.3) is 0 Å². The van der Waals surface area contributed by atoms with Gasteiger partial charge >= 0.3 is 5.82 Å². The summed E-state index contributed by atoms with van der Waals surface area (Å²) in [5, 5.41) is 21.3. The van der Waals surface area contributed by atoms with Gasteiger partial charge in [0.2, 0.25) is 0 Å². The van der Waals surface area contributed by atoms with Crippen molar-refractivity contribution in [1.29, 1.82) is 0 Å². The molecule has 4 rings (SSSR count). The van der Waals surface area contributed by atoms with E-state index in [0.717, 1.165) is 0 Å². The number of fused-ring (bicyclic) bond motifs is 2. The van der Waals surface area contributed by atoms with Gasteiger partial charge in [0.1, 0.15) is 24.5 Å². The van der Waals surface area contributed by atoms with E-state index in [1.807, 2.05) is 0 Å². The number of aromatic nitrogens is 2. The van der Waals surface area contributed by atoms with Crippen molar-refractivity contribution in [3.05, 3.63) is 16.3 Å². The summed E-state index contributed by atoms with van der Waals surface area (Å²) in [6, 6.07) is 0. The fraction of sp³-hybridized carbons (Fsp3) is 0.750. The Morgan fingerprint density at radius 3 is 2.86 bits per heavy atom. The van der Waals surface area contributed by atoms with E-state index in [-0.39, 0.29) is 23.3 Å². The van der Waals surface area contributed by atoms with Gasteiger partial charge in [-0.25, -0.2) is 0 Å². The van der Waals surface area contributed by atoms with Gasteiger partial charge in [0.25, 0.3) is 5.16 Å². The fourth-order valence-electron chi connectivity index (χ4n) is 3.14. The highest BCUT2D eigenvalue weighted by Crippen LogP contribution is 2.44. The van der Waals surface area contributed by atoms with Gasteiger partial charge in [-0.2, -0.15) is 0 Å². The number of thioether (sulfide) groups is 1. The highest BCUT2D eigenvalue weighted by molar-refractivity contribution is 8.00. The lowest BCUT2D eigenvalue weighted by Gasteiger charge is -2.24. The second kappa shape index (κ2) is 4.65. The van der Waals surface area contributed by atoms with Gasteiger partial charge in [0, 0.05) is 6.54 Å². The SMILES string of the molecule is CC1(C)O[C@H]2[C@@H](O1)[C@@H](O)O[C@H]2[C@H]1Cn2cc([N+](=O)[O-])nc2S1. The minimum absolute atomic E-state index is 0.0366. The summed E-state index contributed by atoms with van der Waals surface area (Å²) in [5.41, 5.74) is 0. The average molecular weight is 329 g/mol. The Morgan fingerprint density at radius 2 is 2.18 bits per heavy atom. The molecule has 0 bridgehead atoms. The predicted molar refractivity (Wildman–Crippen MR) is 73.2 cm³/mol. The summed E-state index contributed by atoms with van der Waals surface area (Å²) < 4.78 is 18.8. The molecule has 3 aliphatic heterocycles. The molecule has 1 aromatic heterocycles. The maximum atomic E-state index is 10.7. The van der Waals surface area contributed by atoms with Crippen molar-refractivity contribution < 1.29 is 24.2 Å². The van der Waals surface area contributed by atoms with E-state index in [4.69, 9.17) is 14.2 Å². The zero-order valence-electron chi connectivity index (χ0n) is 11.9. The monoisotopic (exact) mass is 329 g/mol. The third-order valence-corrected chi connectivity index (χ3v) is 5.24. The molecule has 22 heavy (non-hydrogen) atoms. The minimum atomic E-state index is -1.03. The predicted octanol–water partition coefficient (Wildman–Crippen LogP) is 0.503. The summed E-state index contributed by atoms with van der Waals surface area (Å²) in [5.74, 6) is -0.915. The summed E-state index contributed by atoms with van der Waals surface area (Å²) in [6.07, 6.45) is -0.835. The first-order chi connectivity index (χ1) is 10.3. The minimum Gasteiger partial charge on any atom is -0.366 e. The van der Waals surface area contributed by atoms with Crippen LogP contribution in [0, 0.1) is 10.1 Å². The Kier molecular flexibility index (Phi) is 3.04. The zero-order valence-corrected chi connectivity index (χ0v) is 12.7. The van der Waals surface area contributed by atoms with Crippen LogP contribution in [0.15, 0.2) is 11.4 Å². The van der Waals surface area contributed by atoms with Gasteiger partial charge in [-0.05, 0) is 23.8 Å². The first-order valence-electron chi connectivity index (χ1n) is 6.91. The number of imidazole rings is 1. The number of hydrogen-bond acceptors (Lipinski definition) is 8. The lowest BCUT2D eigenvalue weighted by molar-refractivity contribution is -0.389. The lowest BCUT2D eigenvalue weighted by Crippen LogP contribution is -2.37. The Balaban J connectivity index is 1.52. The molecule has 1 N–H and O–H groups in total. The highest BCUT2D eigenvalue weighted by atomic mass is 32.2. The summed E-state index contributed by atoms with van der Waals surface area (Å²) >= 11 is 1.40. The molecule has 3 aliphatic rings. The maximum Gasteiger partial charge on any atom is 0.382 e. The van der Waals surface area contributed by atoms with E-state index in [9.17, 15) is 15.2 Å². The molecule has 0 saturated carbocycles. The number of ether oxygens (including phenoxy) is 3. The lowest BCUT2D eigenvalue weighted by atomic mass is 10.1. The molecular formula is C12H15N3O6S. The second-order valence-electron chi connectivity index (χ2n) is 6.00. The fourth-order valence-corrected chi connectivity index (χ4v) is 4.41. The third kappa shape index (κ3) is 2.14. The number of nitrogens with zero attached hydrogens (tertiary/aromatic N) is 3. The molecular weight excluding hydrogens is 314 g/mol. The zero-order chi connectivity index (χ0) is 15.6. The first kappa shape index (κ1) is 14.4. The van der Waals surface area contributed by atoms with Gasteiger partial charge in [-0.3, -0.25) is 4.57 Å². The van der Waals surface area contributed by atoms with Crippen LogP contribution in [-0.2, 0) is 20.8 Å². The van der Waals surface area contributed by atoms with Crippen molar-refractivity contribution in [2.75, 3.05) is 0 Å². The molecule has 1 aromatic rings. The van der Waals surface area contributed by atoms with Crippen molar-refractivity contribution in [1.82, 2.24) is 9.55 Å². The Morgan fingerprint density at radius 1 is 1.45 bits per heavy atom. The van der Waals surface area contributed by atoms with Gasteiger partial charge in [0.05, 0.1) is 5.25 Å². The standard InChI is InChI=1S/C12H15N3O6S/c1-12(2)20-8-7(19-10(16)9(8)21-12)5-3-14-4-6(15(17)18)13-11(14)22-5/h4-5,7-10,16H,3H2,1-2H3/t5-,7+,8-,9-,10+/m1/s1. The Bertz CT molecular complexity index is 611. The number of hydrogen-bond donors (Lipinski definition) is 1. The van der Waals surface area contributed by atoms with E-state index < -0.39 is 23.1 Å². The van der Waals surface area contributed by atoms with Gasteiger partial charge < -0.3 is 29.4 Å². The van der Waals surface area contributed by atoms with Crippen molar-refractivity contribution >= 4 is 17.6 Å². The normalized spacial score (nSPS) is 39.0. The molecule has 0 spiro atoms. The molecule has 2 fully saturated rings. The number of nitro groups is 1. The molecule has 120 valence electrons. The van der Waals surface area contributed by atoms with Crippen molar-refractivity contribution in [2.45, 2.75) is 61.2 Å². The number of aliphatic hydroxyl groups is 1. The molecule has 0 radical (unpaired) electrons. The second-order valence-corrected chi connectivity index (χ2v) is 7.21. The van der Waals surface area contributed by atoms with E-state index >= 15 is 0 Å². The van der Waals surface area contributed by atoms with Crippen LogP contribution >= 0.6 is 11.8 Å². The van der Waals surface area contributed by atoms with Crippen LogP contribution in [0.4, 0.5) is 5.82 Å². The molecule has 9 nitrogen and oxygen atoms in total. The summed E-state index contributed by atoms with van der Waals surface area (Å²) in [7, 11) is 0. The smallest absolute Gasteiger partial charge is 0.366 e. The number of aliphatic hydroxyl groups excluding tert-OH is 1. The van der Waals surface area contributed by atoms with Crippen LogP contribution in [0.1, 0.15) is 13.8 Å². The van der Waals surface area contributed by atoms with Crippen molar-refractivity contribution in [3.8, 4) is 0 Å². The molecule has 2 saturated heterocycles. The molecule has 4 heterocycles. The van der Waals surface area contributed by atoms with E-state index in [1.165, 1.54) is 18.0 Å². The summed E-state index contributed by atoms with van der Waals surface area (Å²) in [6.45, 7) is 4.11. The first-order valence-corrected chi connectivity index (χ1v) is 7.79. The van der Waals surface area contributed by atoms with Crippen LogP contribution in [0.5, 0.6) is 0 Å². The van der Waals surface area contributed by atoms with Crippen molar-refractivity contribution in [2.24, 2.45) is 0 Å². The third-order valence-electron chi connectivity index (χ3n) is 3.98. The van der Waals surface area contributed by atoms with Crippen LogP contribution < -0.4 is 0 Å². The van der Waals surface area contributed by atoms with E-state index in [0.29, 0.717) is 11.7 Å². The largest absolute Gasteiger partial charge is 0.382 e. The van der Waals surface area contributed by atoms with Crippen LogP contribution in [0.3, 0.4) is 0 Å². The molecule has 10 heteroatoms. The maximum absolute atomic E-state index is 10.7. The Labute approximate surface area is 129 Å². The summed E-state index contributed by atoms with van der Waals surface area (Å²) in [4.78, 5) is 14.2. The quantitative estimate of drug-likeness (QED) is 0.617. The van der Waals surface area contributed by atoms with Crippen LogP contribution in [-0.4, -0.2) is 55.2 Å². The van der Waals surface area contributed by atoms with E-state index in [2.05, 4.69) is 4.98 Å². The molecule has 0 amide bonds. The number of rotatable bonds is 2. The van der Waals surface area contributed by atoms with Crippen molar-refractivity contribution in [3.63, 3.8) is 0 Å². The van der Waals surface area contributed by atoms with E-state index in [1.54, 1.807) is 18.4 Å². The van der Waals surface area contributed by atoms with Gasteiger partial charge in [-0.15, -0.1) is 0 Å². The molecule has 5 atom stereocenters. The Hall–Kier alpha value is -1.20. The highest BCUT2D eigenvalue weighted by Gasteiger charge is 2.58. The topological polar surface area (TPSA) is 109 Å². The molecule has 0 aliphatic carbocycles. The van der Waals surface area contributed by atoms with Crippen LogP contribution in [0.2, 0.25) is 0 Å².